The number of nitrogens with one attached hydrogen (secondary N) is 3. The van der Waals surface area contributed by atoms with E-state index in [-0.39, 0.29) is 16.7 Å². The van der Waals surface area contributed by atoms with E-state index in [4.69, 9.17) is 14.2 Å². The largest absolute Gasteiger partial charge is 0.492 e. The molecule has 6 rings (SSSR count). The molecule has 4 aromatic rings. The number of rotatable bonds is 12. The number of hydrogen-bond acceptors (Lipinski definition) is 14. The fraction of sp³-hybridized carbons (Fsp3) is 0.559. The van der Waals surface area contributed by atoms with Gasteiger partial charge in [0.05, 0.1) is 41.6 Å². The summed E-state index contributed by atoms with van der Waals surface area (Å²) in [6, 6.07) is 3.68. The molecule has 2 atom stereocenters. The lowest BCUT2D eigenvalue weighted by molar-refractivity contribution is -0.0166. The lowest BCUT2D eigenvalue weighted by Gasteiger charge is -2.34. The van der Waals surface area contributed by atoms with Gasteiger partial charge in [0.1, 0.15) is 41.3 Å². The van der Waals surface area contributed by atoms with Crippen LogP contribution in [0.5, 0.6) is 11.5 Å². The number of ether oxygens (including phenoxy) is 3. The molecule has 50 heavy (non-hydrogen) atoms. The number of H-pyrrole nitrogens is 1. The monoisotopic (exact) mass is 708 g/mol. The molecule has 3 N–H and O–H groups in total. The first kappa shape index (κ1) is 35.7. The highest BCUT2D eigenvalue weighted by atomic mass is 32.2. The Morgan fingerprint density at radius 2 is 1.80 bits per heavy atom. The Morgan fingerprint density at radius 3 is 2.46 bits per heavy atom. The highest BCUT2D eigenvalue weighted by Crippen LogP contribution is 2.37. The normalized spacial score (nSPS) is 19.1. The number of anilines is 3. The maximum Gasteiger partial charge on any atom is 0.225 e. The van der Waals surface area contributed by atoms with Gasteiger partial charge in [0.2, 0.25) is 5.95 Å². The van der Waals surface area contributed by atoms with Crippen molar-refractivity contribution in [3.05, 3.63) is 42.1 Å². The molecule has 0 radical (unpaired) electrons. The van der Waals surface area contributed by atoms with E-state index in [2.05, 4.69) is 57.5 Å². The van der Waals surface area contributed by atoms with Crippen LogP contribution in [-0.2, 0) is 14.6 Å². The maximum absolute atomic E-state index is 13.8. The molecule has 0 spiro atoms. The van der Waals surface area contributed by atoms with Crippen LogP contribution in [0.2, 0.25) is 0 Å². The average molecular weight is 709 g/mol. The van der Waals surface area contributed by atoms with Gasteiger partial charge < -0.3 is 29.7 Å². The Morgan fingerprint density at radius 1 is 1.04 bits per heavy atom. The predicted octanol–water partition coefficient (Wildman–Crippen LogP) is 3.42. The second-order valence-electron chi connectivity index (χ2n) is 13.9. The minimum Gasteiger partial charge on any atom is -0.492 e. The van der Waals surface area contributed by atoms with Gasteiger partial charge in [-0.15, -0.1) is 0 Å². The smallest absolute Gasteiger partial charge is 0.225 e. The zero-order valence-electron chi connectivity index (χ0n) is 29.7. The van der Waals surface area contributed by atoms with Gasteiger partial charge in [-0.3, -0.25) is 10.00 Å². The second-order valence-corrected chi connectivity index (χ2v) is 16.6. The molecule has 0 aliphatic carbocycles. The summed E-state index contributed by atoms with van der Waals surface area (Å²) < 4.78 is 44.4. The number of sulfone groups is 1. The van der Waals surface area contributed by atoms with Crippen molar-refractivity contribution in [2.75, 3.05) is 69.3 Å². The van der Waals surface area contributed by atoms with Crippen molar-refractivity contribution in [1.29, 1.82) is 0 Å². The number of aromatic amines is 1. The van der Waals surface area contributed by atoms with Crippen molar-refractivity contribution < 1.29 is 22.6 Å². The standard InChI is InChI=1S/C34H48N10O5S/c1-22-19-48-26(18-35-22)20-49-25-16-36-33(37-17-25)44-11-9-43(10-12-44)8-7-13-47-29-15-28-27(14-30(29)50(45,46)34(4,5)6)32(39-21-38-28)40-31-23(2)24(3)41-42-31/h14-17,21-22,26,35H,7-13,18-20H2,1-6H3,(H2,38,39,40,41,42)/t22-,26-/m1/s1. The molecule has 1 aromatic carbocycles. The molecule has 5 heterocycles. The fourth-order valence-electron chi connectivity index (χ4n) is 5.76. The van der Waals surface area contributed by atoms with Gasteiger partial charge in [0.25, 0.3) is 0 Å². The van der Waals surface area contributed by atoms with E-state index in [0.717, 1.165) is 56.9 Å². The van der Waals surface area contributed by atoms with Gasteiger partial charge in [-0.05, 0) is 54.0 Å². The highest BCUT2D eigenvalue weighted by Gasteiger charge is 2.34. The summed E-state index contributed by atoms with van der Waals surface area (Å²) >= 11 is 0. The summed E-state index contributed by atoms with van der Waals surface area (Å²) in [5.74, 6) is 2.77. The molecule has 0 bridgehead atoms. The first-order valence-corrected chi connectivity index (χ1v) is 18.6. The van der Waals surface area contributed by atoms with E-state index in [0.29, 0.717) is 60.1 Å². The zero-order valence-corrected chi connectivity index (χ0v) is 30.5. The number of benzene rings is 1. The number of nitrogens with zero attached hydrogens (tertiary/aromatic N) is 7. The van der Waals surface area contributed by atoms with Crippen LogP contribution in [0.25, 0.3) is 10.9 Å². The van der Waals surface area contributed by atoms with Gasteiger partial charge in [-0.25, -0.2) is 28.4 Å². The van der Waals surface area contributed by atoms with Crippen LogP contribution in [0.3, 0.4) is 0 Å². The Labute approximate surface area is 293 Å². The van der Waals surface area contributed by atoms with Crippen LogP contribution in [0.4, 0.5) is 17.6 Å². The summed E-state index contributed by atoms with van der Waals surface area (Å²) in [4.78, 5) is 22.6. The topological polar surface area (TPSA) is 173 Å². The van der Waals surface area contributed by atoms with E-state index in [1.807, 2.05) is 13.8 Å². The van der Waals surface area contributed by atoms with Gasteiger partial charge in [-0.1, -0.05) is 0 Å². The summed E-state index contributed by atoms with van der Waals surface area (Å²) in [7, 11) is -3.77. The molecule has 0 amide bonds. The number of piperazine rings is 1. The fourth-order valence-corrected chi connectivity index (χ4v) is 7.08. The second kappa shape index (κ2) is 15.0. The van der Waals surface area contributed by atoms with Crippen molar-refractivity contribution in [3.8, 4) is 11.5 Å². The number of fused-ring (bicyclic) bond motifs is 1. The van der Waals surface area contributed by atoms with Gasteiger partial charge in [0.15, 0.2) is 15.6 Å². The quantitative estimate of drug-likeness (QED) is 0.183. The van der Waals surface area contributed by atoms with Crippen molar-refractivity contribution in [2.24, 2.45) is 0 Å². The summed E-state index contributed by atoms with van der Waals surface area (Å²) in [6.07, 6.45) is 5.63. The molecular formula is C34H48N10O5S. The minimum absolute atomic E-state index is 0.0168. The number of morpholine rings is 1. The third-order valence-electron chi connectivity index (χ3n) is 9.15. The first-order valence-electron chi connectivity index (χ1n) is 17.1. The molecule has 0 saturated carbocycles. The van der Waals surface area contributed by atoms with E-state index in [1.54, 1.807) is 45.3 Å². The Kier molecular flexibility index (Phi) is 10.7. The first-order chi connectivity index (χ1) is 23.9. The molecule has 15 nitrogen and oxygen atoms in total. The van der Waals surface area contributed by atoms with E-state index >= 15 is 0 Å². The number of aryl methyl sites for hydroxylation is 1. The Balaban J connectivity index is 1.04. The number of hydrogen-bond donors (Lipinski definition) is 3. The Bertz CT molecular complexity index is 1860. The van der Waals surface area contributed by atoms with Crippen LogP contribution in [0.15, 0.2) is 35.7 Å². The van der Waals surface area contributed by atoms with Gasteiger partial charge in [0, 0.05) is 62.3 Å². The predicted molar refractivity (Wildman–Crippen MR) is 191 cm³/mol. The van der Waals surface area contributed by atoms with Crippen molar-refractivity contribution in [3.63, 3.8) is 0 Å². The van der Waals surface area contributed by atoms with Crippen LogP contribution >= 0.6 is 0 Å². The molecule has 2 aliphatic heterocycles. The average Bonchev–Trinajstić information content (AvgIpc) is 3.42. The molecule has 2 fully saturated rings. The summed E-state index contributed by atoms with van der Waals surface area (Å²) in [5, 5.41) is 14.4. The van der Waals surface area contributed by atoms with Crippen LogP contribution < -0.4 is 25.0 Å². The summed E-state index contributed by atoms with van der Waals surface area (Å²) in [6.45, 7) is 17.4. The lowest BCUT2D eigenvalue weighted by atomic mass is 10.2. The van der Waals surface area contributed by atoms with Crippen molar-refractivity contribution in [1.82, 2.24) is 40.3 Å². The van der Waals surface area contributed by atoms with Crippen LogP contribution in [0.1, 0.15) is 45.4 Å². The molecular weight excluding hydrogens is 661 g/mol. The third-order valence-corrected chi connectivity index (χ3v) is 11.7. The minimum atomic E-state index is -3.77. The molecule has 0 unspecified atom stereocenters. The van der Waals surface area contributed by atoms with E-state index in [9.17, 15) is 8.42 Å². The van der Waals surface area contributed by atoms with Gasteiger partial charge >= 0.3 is 0 Å². The van der Waals surface area contributed by atoms with E-state index < -0.39 is 14.6 Å². The van der Waals surface area contributed by atoms with Crippen LogP contribution in [0, 0.1) is 13.8 Å². The zero-order chi connectivity index (χ0) is 35.5. The molecule has 2 saturated heterocycles. The van der Waals surface area contributed by atoms with Gasteiger partial charge in [-0.2, -0.15) is 5.10 Å². The van der Waals surface area contributed by atoms with Crippen molar-refractivity contribution >= 4 is 38.3 Å². The molecule has 2 aliphatic rings. The van der Waals surface area contributed by atoms with Crippen molar-refractivity contribution in [2.45, 2.75) is 69.8 Å². The summed E-state index contributed by atoms with van der Waals surface area (Å²) in [5.41, 5.74) is 2.38. The Hall–Kier alpha value is -4.12. The molecule has 16 heteroatoms. The van der Waals surface area contributed by atoms with E-state index in [1.165, 1.54) is 6.33 Å². The maximum atomic E-state index is 13.8. The van der Waals surface area contributed by atoms with Crippen LogP contribution in [-0.4, -0.2) is 119 Å². The molecule has 270 valence electrons. The third kappa shape index (κ3) is 8.09. The number of aromatic nitrogens is 6. The highest BCUT2D eigenvalue weighted by molar-refractivity contribution is 7.92. The molecule has 3 aromatic heterocycles. The SMILES string of the molecule is Cc1n[nH]c(Nc2ncnc3cc(OCCCN4CCN(c5ncc(OC[C@H]6CN[C@H](C)CO6)cn5)CC4)c(S(=O)(=O)C(C)(C)C)cc23)c1C. The lowest BCUT2D eigenvalue weighted by Crippen LogP contribution is -2.47.